The predicted octanol–water partition coefficient (Wildman–Crippen LogP) is 4.46. The van der Waals surface area contributed by atoms with Crippen LogP contribution in [0.5, 0.6) is 0 Å². The van der Waals surface area contributed by atoms with Crippen LogP contribution < -0.4 is 5.73 Å². The fourth-order valence-corrected chi connectivity index (χ4v) is 2.43. The Labute approximate surface area is 155 Å². The van der Waals surface area contributed by atoms with Gasteiger partial charge in [-0.3, -0.25) is 4.52 Å². The van der Waals surface area contributed by atoms with Crippen LogP contribution >= 0.6 is 20.0 Å². The van der Waals surface area contributed by atoms with E-state index < -0.39 is 7.82 Å². The third-order valence-corrected chi connectivity index (χ3v) is 4.17. The average Bonchev–Trinajstić information content (AvgIpc) is 2.62. The van der Waals surface area contributed by atoms with Crippen molar-refractivity contribution >= 4 is 35.7 Å². The van der Waals surface area contributed by atoms with Gasteiger partial charge in [-0.1, -0.05) is 67.7 Å². The molecule has 0 radical (unpaired) electrons. The zero-order valence-corrected chi connectivity index (χ0v) is 16.5. The van der Waals surface area contributed by atoms with Gasteiger partial charge < -0.3 is 15.5 Å². The second-order valence-corrected chi connectivity index (χ2v) is 6.84. The van der Waals surface area contributed by atoms with E-state index in [0.717, 1.165) is 24.1 Å². The highest BCUT2D eigenvalue weighted by molar-refractivity contribution is 7.80. The molecule has 0 saturated heterocycles. The number of benzene rings is 2. The van der Waals surface area contributed by atoms with Gasteiger partial charge in [0.05, 0.1) is 6.61 Å². The molecule has 4 N–H and O–H groups in total. The summed E-state index contributed by atoms with van der Waals surface area (Å²) in [4.78, 5) is 17.7. The maximum absolute atomic E-state index is 10.2. The number of rotatable bonds is 7. The van der Waals surface area contributed by atoms with Crippen LogP contribution in [0, 0.1) is 0 Å². The van der Waals surface area contributed by atoms with Crippen LogP contribution in [-0.4, -0.2) is 28.3 Å². The van der Waals surface area contributed by atoms with Crippen molar-refractivity contribution < 1.29 is 18.9 Å². The third kappa shape index (κ3) is 12.8. The molecule has 0 atom stereocenters. The summed E-state index contributed by atoms with van der Waals surface area (Å²) < 4.78 is 14.5. The van der Waals surface area contributed by atoms with Crippen molar-refractivity contribution in [3.63, 3.8) is 0 Å². The number of unbranched alkanes of at least 4 members (excludes halogenated alkanes) is 1. The highest BCUT2D eigenvalue weighted by Crippen LogP contribution is 2.35. The molecular formula is C18H28NO4PS. The van der Waals surface area contributed by atoms with Crippen molar-refractivity contribution in [1.82, 2.24) is 0 Å². The van der Waals surface area contributed by atoms with Crippen LogP contribution in [0.1, 0.15) is 32.6 Å². The zero-order chi connectivity index (χ0) is 19.1. The van der Waals surface area contributed by atoms with Crippen LogP contribution in [0.25, 0.3) is 10.8 Å². The molecule has 0 fully saturated rings. The van der Waals surface area contributed by atoms with E-state index in [1.54, 1.807) is 0 Å². The molecule has 2 aromatic rings. The van der Waals surface area contributed by atoms with Crippen LogP contribution in [0.2, 0.25) is 0 Å². The molecule has 2 aromatic carbocycles. The van der Waals surface area contributed by atoms with Gasteiger partial charge in [0, 0.05) is 0 Å². The highest BCUT2D eigenvalue weighted by Gasteiger charge is 2.12. The normalized spacial score (nSPS) is 10.3. The van der Waals surface area contributed by atoms with E-state index in [-0.39, 0.29) is 6.61 Å². The Balaban J connectivity index is 0.000000426. The first kappa shape index (κ1) is 23.9. The summed E-state index contributed by atoms with van der Waals surface area (Å²) in [5.41, 5.74) is 4.50. The molecule has 25 heavy (non-hydrogen) atoms. The largest absolute Gasteiger partial charge is 0.469 e. The standard InChI is InChI=1S/C10H8.C7H15O4PS.CH5N/c1-2-6-10-8-4-3-7-9(10)5-1;1-2-7(13)5-3-4-6-11-12(8,9)10;1-2/h1-8H;2-6H2,1H3,(H2,8,9,10);2H2,1H3. The molecule has 0 heterocycles. The monoisotopic (exact) mass is 385 g/mol. The van der Waals surface area contributed by atoms with E-state index in [0.29, 0.717) is 6.42 Å². The minimum atomic E-state index is -4.27. The van der Waals surface area contributed by atoms with Gasteiger partial charge in [-0.05, 0) is 48.4 Å². The second kappa shape index (κ2) is 14.1. The summed E-state index contributed by atoms with van der Waals surface area (Å²) in [6.07, 6.45) is 3.17. The van der Waals surface area contributed by atoms with Crippen molar-refractivity contribution in [1.29, 1.82) is 0 Å². The predicted molar refractivity (Wildman–Crippen MR) is 109 cm³/mol. The lowest BCUT2D eigenvalue weighted by molar-refractivity contribution is 0.194. The van der Waals surface area contributed by atoms with E-state index in [1.165, 1.54) is 17.8 Å². The highest BCUT2D eigenvalue weighted by atomic mass is 32.1. The Morgan fingerprint density at radius 2 is 1.48 bits per heavy atom. The first-order valence-electron chi connectivity index (χ1n) is 8.15. The van der Waals surface area contributed by atoms with Crippen LogP contribution in [0.3, 0.4) is 0 Å². The van der Waals surface area contributed by atoms with E-state index in [1.807, 2.05) is 6.92 Å². The van der Waals surface area contributed by atoms with Crippen LogP contribution in [0.4, 0.5) is 0 Å². The number of fused-ring (bicyclic) bond motifs is 1. The van der Waals surface area contributed by atoms with Gasteiger partial charge in [0.25, 0.3) is 0 Å². The van der Waals surface area contributed by atoms with Gasteiger partial charge in [-0.2, -0.15) is 0 Å². The molecule has 2 rings (SSSR count). The molecule has 140 valence electrons. The minimum absolute atomic E-state index is 0.0939. The second-order valence-electron chi connectivity index (χ2n) is 5.02. The van der Waals surface area contributed by atoms with Crippen molar-refractivity contribution in [3.05, 3.63) is 48.5 Å². The molecular weight excluding hydrogens is 357 g/mol. The topological polar surface area (TPSA) is 92.8 Å². The molecule has 0 spiro atoms. The van der Waals surface area contributed by atoms with Gasteiger partial charge in [-0.15, -0.1) is 0 Å². The average molecular weight is 385 g/mol. The Hall–Kier alpha value is -1.14. The molecule has 7 heteroatoms. The Morgan fingerprint density at radius 1 is 1.04 bits per heavy atom. The summed E-state index contributed by atoms with van der Waals surface area (Å²) in [6.45, 7) is 2.09. The first-order chi connectivity index (χ1) is 11.9. The molecule has 0 amide bonds. The molecule has 0 aliphatic heterocycles. The fourth-order valence-electron chi connectivity index (χ4n) is 1.92. The van der Waals surface area contributed by atoms with Gasteiger partial charge in [0.1, 0.15) is 0 Å². The lowest BCUT2D eigenvalue weighted by atomic mass is 10.1. The first-order valence-corrected chi connectivity index (χ1v) is 10.1. The van der Waals surface area contributed by atoms with Gasteiger partial charge in [0.2, 0.25) is 0 Å². The van der Waals surface area contributed by atoms with Gasteiger partial charge >= 0.3 is 7.82 Å². The van der Waals surface area contributed by atoms with Crippen molar-refractivity contribution in [2.75, 3.05) is 13.7 Å². The number of hydrogen-bond acceptors (Lipinski definition) is 4. The Bertz CT molecular complexity index is 595. The number of phosphoric ester groups is 1. The molecule has 5 nitrogen and oxygen atoms in total. The van der Waals surface area contributed by atoms with E-state index in [9.17, 15) is 4.57 Å². The lowest BCUT2D eigenvalue weighted by Gasteiger charge is -2.04. The quantitative estimate of drug-likeness (QED) is 0.370. The lowest BCUT2D eigenvalue weighted by Crippen LogP contribution is -1.95. The molecule has 0 saturated carbocycles. The van der Waals surface area contributed by atoms with Crippen LogP contribution in [0.15, 0.2) is 48.5 Å². The third-order valence-electron chi connectivity index (χ3n) is 3.16. The number of hydrogen-bond donors (Lipinski definition) is 3. The number of phosphoric acid groups is 1. The van der Waals surface area contributed by atoms with Crippen molar-refractivity contribution in [2.24, 2.45) is 5.73 Å². The Morgan fingerprint density at radius 3 is 1.84 bits per heavy atom. The summed E-state index contributed by atoms with van der Waals surface area (Å²) >= 11 is 4.98. The number of thiocarbonyl (C=S) groups is 1. The van der Waals surface area contributed by atoms with Crippen LogP contribution in [-0.2, 0) is 9.09 Å². The molecule has 0 aliphatic rings. The molecule has 0 bridgehead atoms. The molecule has 0 aromatic heterocycles. The molecule has 0 unspecified atom stereocenters. The summed E-state index contributed by atoms with van der Waals surface area (Å²) in [7, 11) is -2.77. The summed E-state index contributed by atoms with van der Waals surface area (Å²) in [5, 5.41) is 2.62. The summed E-state index contributed by atoms with van der Waals surface area (Å²) in [5.74, 6) is 0. The van der Waals surface area contributed by atoms with Crippen molar-refractivity contribution in [3.8, 4) is 0 Å². The number of nitrogens with two attached hydrogens (primary N) is 1. The fraction of sp³-hybridized carbons (Fsp3) is 0.389. The van der Waals surface area contributed by atoms with Gasteiger partial charge in [0.15, 0.2) is 0 Å². The molecule has 0 aliphatic carbocycles. The Kier molecular flexibility index (Phi) is 13.4. The summed E-state index contributed by atoms with van der Waals surface area (Å²) in [6, 6.07) is 16.7. The van der Waals surface area contributed by atoms with E-state index >= 15 is 0 Å². The maximum Gasteiger partial charge on any atom is 0.469 e. The zero-order valence-electron chi connectivity index (χ0n) is 14.8. The van der Waals surface area contributed by atoms with E-state index in [2.05, 4.69) is 58.8 Å². The SMILES string of the molecule is CCC(=S)CCCCOP(=O)(O)O.CN.c1ccc2ccccc2c1. The maximum atomic E-state index is 10.2. The minimum Gasteiger partial charge on any atom is -0.333 e. The van der Waals surface area contributed by atoms with Crippen molar-refractivity contribution in [2.45, 2.75) is 32.6 Å². The smallest absolute Gasteiger partial charge is 0.333 e. The van der Waals surface area contributed by atoms with E-state index in [4.69, 9.17) is 22.0 Å². The van der Waals surface area contributed by atoms with Gasteiger partial charge in [-0.25, -0.2) is 4.57 Å².